The molecular weight excluding hydrogens is 503 g/mol. The number of rotatable bonds is 8. The van der Waals surface area contributed by atoms with Crippen LogP contribution < -0.4 is 0 Å². The predicted octanol–water partition coefficient (Wildman–Crippen LogP) is 6.88. The second-order valence-electron chi connectivity index (χ2n) is 9.94. The summed E-state index contributed by atoms with van der Waals surface area (Å²) < 4.78 is 48.1. The molecule has 0 radical (unpaired) electrons. The minimum Gasteiger partial charge on any atom is -0.383 e. The topological polar surface area (TPSA) is 57.8 Å². The van der Waals surface area contributed by atoms with Gasteiger partial charge in [0.2, 0.25) is 0 Å². The summed E-state index contributed by atoms with van der Waals surface area (Å²) in [6.07, 6.45) is 1.08. The first-order chi connectivity index (χ1) is 18.7. The van der Waals surface area contributed by atoms with E-state index in [2.05, 4.69) is 41.7 Å². The molecule has 0 aliphatic heterocycles. The van der Waals surface area contributed by atoms with E-state index in [1.54, 1.807) is 26.3 Å². The quantitative estimate of drug-likeness (QED) is 0.218. The fourth-order valence-corrected chi connectivity index (χ4v) is 4.84. The van der Waals surface area contributed by atoms with Crippen molar-refractivity contribution < 1.29 is 17.9 Å². The molecule has 0 fully saturated rings. The van der Waals surface area contributed by atoms with E-state index in [-0.39, 0.29) is 5.82 Å². The summed E-state index contributed by atoms with van der Waals surface area (Å²) in [5.41, 5.74) is 5.78. The molecule has 0 unspecified atom stereocenters. The van der Waals surface area contributed by atoms with Gasteiger partial charge in [0, 0.05) is 56.2 Å². The fourth-order valence-electron chi connectivity index (χ4n) is 4.84. The molecule has 0 spiro atoms. The van der Waals surface area contributed by atoms with E-state index in [0.29, 0.717) is 36.9 Å². The van der Waals surface area contributed by atoms with Gasteiger partial charge in [-0.15, -0.1) is 0 Å². The lowest BCUT2D eigenvalue weighted by Gasteiger charge is -2.12. The summed E-state index contributed by atoms with van der Waals surface area (Å²) in [4.78, 5) is 13.5. The van der Waals surface area contributed by atoms with Crippen molar-refractivity contribution in [1.82, 2.24) is 24.1 Å². The molecule has 5 aromatic rings. The van der Waals surface area contributed by atoms with Gasteiger partial charge in [-0.2, -0.15) is 13.2 Å². The molecule has 0 aliphatic carbocycles. The van der Waals surface area contributed by atoms with Crippen LogP contribution in [0.4, 0.5) is 13.2 Å². The molecule has 2 aromatic carbocycles. The molecule has 0 saturated heterocycles. The summed E-state index contributed by atoms with van der Waals surface area (Å²) in [5, 5.41) is 0. The molecule has 6 nitrogen and oxygen atoms in total. The Morgan fingerprint density at radius 1 is 0.974 bits per heavy atom. The van der Waals surface area contributed by atoms with Gasteiger partial charge in [0.25, 0.3) is 0 Å². The smallest absolute Gasteiger partial charge is 0.383 e. The molecule has 0 atom stereocenters. The van der Waals surface area contributed by atoms with Crippen LogP contribution in [0.2, 0.25) is 0 Å². The van der Waals surface area contributed by atoms with Gasteiger partial charge in [-0.1, -0.05) is 62.4 Å². The zero-order valence-corrected chi connectivity index (χ0v) is 22.3. The number of aryl methyl sites for hydroxylation is 1. The molecule has 3 aromatic heterocycles. The molecule has 3 heterocycles. The van der Waals surface area contributed by atoms with E-state index in [9.17, 15) is 13.2 Å². The van der Waals surface area contributed by atoms with Crippen molar-refractivity contribution in [1.29, 1.82) is 0 Å². The maximum absolute atomic E-state index is 13.1. The van der Waals surface area contributed by atoms with E-state index in [1.165, 1.54) is 10.1 Å². The van der Waals surface area contributed by atoms with Crippen LogP contribution in [0.5, 0.6) is 0 Å². The Kier molecular flexibility index (Phi) is 7.27. The Morgan fingerprint density at radius 3 is 2.38 bits per heavy atom. The third-order valence-electron chi connectivity index (χ3n) is 6.83. The third-order valence-corrected chi connectivity index (χ3v) is 6.83. The van der Waals surface area contributed by atoms with Gasteiger partial charge in [0.1, 0.15) is 5.82 Å². The summed E-state index contributed by atoms with van der Waals surface area (Å²) >= 11 is 0. The first-order valence-corrected chi connectivity index (χ1v) is 12.8. The third kappa shape index (κ3) is 5.45. The van der Waals surface area contributed by atoms with Gasteiger partial charge < -0.3 is 13.9 Å². The number of imidazole rings is 1. The maximum Gasteiger partial charge on any atom is 0.434 e. The highest BCUT2D eigenvalue weighted by molar-refractivity contribution is 5.82. The second kappa shape index (κ2) is 10.6. The Hall–Kier alpha value is -3.98. The van der Waals surface area contributed by atoms with Crippen molar-refractivity contribution in [3.63, 3.8) is 0 Å². The summed E-state index contributed by atoms with van der Waals surface area (Å²) in [5.74, 6) is 1.28. The van der Waals surface area contributed by atoms with Crippen molar-refractivity contribution >= 4 is 11.0 Å². The number of hydrogen-bond acceptors (Lipinski definition) is 4. The van der Waals surface area contributed by atoms with E-state index in [0.717, 1.165) is 33.9 Å². The minimum absolute atomic E-state index is 0.270. The SMILES string of the molecule is COCCn1cc(Cc2ccc(-c3nc(C(F)(F)F)cn3C)cc2)c2nc(-c3ccccc3C(C)C)ncc21. The Balaban J connectivity index is 1.50. The number of halogens is 3. The summed E-state index contributed by atoms with van der Waals surface area (Å²) in [7, 11) is 3.24. The van der Waals surface area contributed by atoms with Crippen LogP contribution in [0.15, 0.2) is 67.1 Å². The molecule has 0 bridgehead atoms. The monoisotopic (exact) mass is 533 g/mol. The van der Waals surface area contributed by atoms with Gasteiger partial charge in [0.15, 0.2) is 11.5 Å². The molecule has 5 rings (SSSR count). The summed E-state index contributed by atoms with van der Waals surface area (Å²) in [6, 6.07) is 15.7. The van der Waals surface area contributed by atoms with Crippen molar-refractivity contribution in [3.8, 4) is 22.8 Å². The molecule has 9 heteroatoms. The van der Waals surface area contributed by atoms with Crippen LogP contribution in [0, 0.1) is 0 Å². The molecule has 39 heavy (non-hydrogen) atoms. The molecule has 0 amide bonds. The van der Waals surface area contributed by atoms with E-state index in [1.807, 2.05) is 30.5 Å². The molecule has 0 aliphatic rings. The number of ether oxygens (including phenoxy) is 1. The highest BCUT2D eigenvalue weighted by Crippen LogP contribution is 2.32. The van der Waals surface area contributed by atoms with Gasteiger partial charge in [-0.3, -0.25) is 0 Å². The zero-order valence-electron chi connectivity index (χ0n) is 22.3. The minimum atomic E-state index is -4.48. The second-order valence-corrected chi connectivity index (χ2v) is 9.94. The Labute approximate surface area is 225 Å². The number of alkyl halides is 3. The van der Waals surface area contributed by atoms with E-state index in [4.69, 9.17) is 14.7 Å². The lowest BCUT2D eigenvalue weighted by molar-refractivity contribution is -0.140. The van der Waals surface area contributed by atoms with Crippen molar-refractivity contribution in [2.24, 2.45) is 7.05 Å². The van der Waals surface area contributed by atoms with Crippen molar-refractivity contribution in [2.45, 2.75) is 38.9 Å². The Bertz CT molecular complexity index is 1600. The van der Waals surface area contributed by atoms with Crippen molar-refractivity contribution in [3.05, 3.63) is 89.5 Å². The average molecular weight is 534 g/mol. The van der Waals surface area contributed by atoms with Crippen molar-refractivity contribution in [2.75, 3.05) is 13.7 Å². The predicted molar refractivity (Wildman–Crippen MR) is 145 cm³/mol. The van der Waals surface area contributed by atoms with Gasteiger partial charge >= 0.3 is 6.18 Å². The number of benzene rings is 2. The lowest BCUT2D eigenvalue weighted by atomic mass is 9.97. The normalized spacial score (nSPS) is 12.1. The van der Waals surface area contributed by atoms with Crippen LogP contribution >= 0.6 is 0 Å². The van der Waals surface area contributed by atoms with Crippen LogP contribution in [0.3, 0.4) is 0 Å². The highest BCUT2D eigenvalue weighted by Gasteiger charge is 2.34. The lowest BCUT2D eigenvalue weighted by Crippen LogP contribution is -2.04. The first kappa shape index (κ1) is 26.6. The molecular formula is C30H30F3N5O. The molecule has 0 saturated carbocycles. The van der Waals surface area contributed by atoms with E-state index < -0.39 is 11.9 Å². The highest BCUT2D eigenvalue weighted by atomic mass is 19.4. The maximum atomic E-state index is 13.1. The average Bonchev–Trinajstić information content (AvgIpc) is 3.48. The number of aromatic nitrogens is 5. The zero-order chi connectivity index (χ0) is 27.7. The standard InChI is InChI=1S/C30H30F3N5O/c1-19(2)23-7-5-6-8-24(23)28-34-16-25-27(36-28)22(17-38(25)13-14-39-4)15-20-9-11-21(12-10-20)29-35-26(18-37(29)3)30(31,32)33/h5-12,16-19H,13-15H2,1-4H3. The van der Waals surface area contributed by atoms with Gasteiger partial charge in [0.05, 0.1) is 23.8 Å². The Morgan fingerprint density at radius 2 is 1.72 bits per heavy atom. The molecule has 0 N–H and O–H groups in total. The van der Waals surface area contributed by atoms with E-state index >= 15 is 0 Å². The van der Waals surface area contributed by atoms with Crippen LogP contribution in [0.25, 0.3) is 33.8 Å². The number of methoxy groups -OCH3 is 1. The van der Waals surface area contributed by atoms with Crippen LogP contribution in [-0.4, -0.2) is 37.8 Å². The number of nitrogens with zero attached hydrogens (tertiary/aromatic N) is 5. The number of fused-ring (bicyclic) bond motifs is 1. The van der Waals surface area contributed by atoms with Crippen LogP contribution in [-0.2, 0) is 30.9 Å². The summed E-state index contributed by atoms with van der Waals surface area (Å²) in [6.45, 7) is 5.53. The van der Waals surface area contributed by atoms with Crippen LogP contribution in [0.1, 0.15) is 42.1 Å². The number of hydrogen-bond donors (Lipinski definition) is 0. The first-order valence-electron chi connectivity index (χ1n) is 12.8. The fraction of sp³-hybridized carbons (Fsp3) is 0.300. The largest absolute Gasteiger partial charge is 0.434 e. The van der Waals surface area contributed by atoms with Gasteiger partial charge in [-0.05, 0) is 17.0 Å². The van der Waals surface area contributed by atoms with Gasteiger partial charge in [-0.25, -0.2) is 15.0 Å². The molecule has 202 valence electrons.